The summed E-state index contributed by atoms with van der Waals surface area (Å²) in [5.74, 6) is 0.183. The molecular weight excluding hydrogens is 385 g/mol. The quantitative estimate of drug-likeness (QED) is 0.669. The van der Waals surface area contributed by atoms with Gasteiger partial charge in [0.25, 0.3) is 5.91 Å². The molecule has 2 heterocycles. The first-order valence-electron chi connectivity index (χ1n) is 10.1. The van der Waals surface area contributed by atoms with Crippen LogP contribution in [-0.2, 0) is 11.3 Å². The van der Waals surface area contributed by atoms with E-state index >= 15 is 0 Å². The first kappa shape index (κ1) is 20.2. The molecule has 2 N–H and O–H groups in total. The van der Waals surface area contributed by atoms with Crippen molar-refractivity contribution in [3.63, 3.8) is 0 Å². The fourth-order valence-electron chi connectivity index (χ4n) is 3.92. The van der Waals surface area contributed by atoms with Gasteiger partial charge in [-0.15, -0.1) is 0 Å². The molecule has 1 aromatic heterocycles. The Hall–Kier alpha value is -3.06. The van der Waals surface area contributed by atoms with Crippen LogP contribution in [0.15, 0.2) is 42.5 Å². The number of fused-ring (bicyclic) bond motifs is 1. The number of aromatic amines is 1. The average molecular weight is 411 g/mol. The van der Waals surface area contributed by atoms with Crippen molar-refractivity contribution in [3.05, 3.63) is 59.5 Å². The van der Waals surface area contributed by atoms with E-state index in [0.29, 0.717) is 30.0 Å². The molecule has 2 atom stereocenters. The molecule has 7 heteroatoms. The summed E-state index contributed by atoms with van der Waals surface area (Å²) >= 11 is 0. The highest BCUT2D eigenvalue weighted by atomic mass is 19.1. The minimum Gasteiger partial charge on any atom is -0.497 e. The molecule has 0 bridgehead atoms. The van der Waals surface area contributed by atoms with Crippen LogP contribution in [0.4, 0.5) is 10.1 Å². The second-order valence-electron chi connectivity index (χ2n) is 7.77. The van der Waals surface area contributed by atoms with Crippen LogP contribution in [0.3, 0.4) is 0 Å². The lowest BCUT2D eigenvalue weighted by Gasteiger charge is -2.37. The molecule has 1 aliphatic heterocycles. The van der Waals surface area contributed by atoms with Gasteiger partial charge in [-0.3, -0.25) is 4.79 Å². The molecule has 6 nitrogen and oxygen atoms in total. The highest BCUT2D eigenvalue weighted by molar-refractivity contribution is 5.98. The Bertz CT molecular complexity index is 1060. The second-order valence-corrected chi connectivity index (χ2v) is 7.77. The molecular formula is C23H26FN3O3. The number of carbonyl (C=O) groups excluding carboxylic acids is 1. The van der Waals surface area contributed by atoms with E-state index in [-0.39, 0.29) is 30.5 Å². The fraction of sp³-hybridized carbons (Fsp3) is 0.348. The number of amides is 1. The summed E-state index contributed by atoms with van der Waals surface area (Å²) in [6, 6.07) is 12.5. The number of rotatable bonds is 5. The minimum atomic E-state index is -0.291. The summed E-state index contributed by atoms with van der Waals surface area (Å²) in [5, 5.41) is 3.77. The van der Waals surface area contributed by atoms with Crippen LogP contribution in [0, 0.1) is 5.82 Å². The van der Waals surface area contributed by atoms with E-state index < -0.39 is 0 Å². The zero-order chi connectivity index (χ0) is 21.3. The van der Waals surface area contributed by atoms with Crippen molar-refractivity contribution >= 4 is 22.5 Å². The summed E-state index contributed by atoms with van der Waals surface area (Å²) in [7, 11) is 1.60. The first-order valence-corrected chi connectivity index (χ1v) is 10.1. The number of methoxy groups -OCH3 is 1. The van der Waals surface area contributed by atoms with Crippen molar-refractivity contribution in [1.29, 1.82) is 0 Å². The smallest absolute Gasteiger partial charge is 0.267 e. The number of halogens is 1. The number of anilines is 1. The Morgan fingerprint density at radius 1 is 1.20 bits per heavy atom. The van der Waals surface area contributed by atoms with E-state index in [1.165, 1.54) is 6.07 Å². The molecule has 0 spiro atoms. The number of aromatic nitrogens is 1. The molecule has 0 saturated carbocycles. The van der Waals surface area contributed by atoms with Gasteiger partial charge in [0.15, 0.2) is 0 Å². The van der Waals surface area contributed by atoms with E-state index in [1.54, 1.807) is 19.2 Å². The first-order chi connectivity index (χ1) is 14.4. The molecule has 4 rings (SSSR count). The van der Waals surface area contributed by atoms with Crippen LogP contribution >= 0.6 is 0 Å². The lowest BCUT2D eigenvalue weighted by molar-refractivity contribution is -0.00539. The highest BCUT2D eigenvalue weighted by Gasteiger charge is 2.24. The Morgan fingerprint density at radius 2 is 1.97 bits per heavy atom. The Kier molecular flexibility index (Phi) is 5.63. The van der Waals surface area contributed by atoms with Crippen molar-refractivity contribution in [2.24, 2.45) is 0 Å². The van der Waals surface area contributed by atoms with Gasteiger partial charge in [0.1, 0.15) is 17.3 Å². The third-order valence-electron chi connectivity index (χ3n) is 5.30. The summed E-state index contributed by atoms with van der Waals surface area (Å²) in [5.41, 5.74) is 2.55. The van der Waals surface area contributed by atoms with E-state index in [1.807, 2.05) is 43.0 Å². The molecule has 30 heavy (non-hydrogen) atoms. The predicted octanol–water partition coefficient (Wildman–Crippen LogP) is 3.86. The SMILES string of the molecule is COc1ccc2cc(C(=O)NCc3ccc(N4C[C@@H](C)O[C@@H](C)C4)c(F)c3)[nH]c2c1. The Balaban J connectivity index is 1.42. The molecule has 3 aromatic rings. The van der Waals surface area contributed by atoms with Crippen LogP contribution in [0.1, 0.15) is 29.9 Å². The largest absolute Gasteiger partial charge is 0.497 e. The zero-order valence-corrected chi connectivity index (χ0v) is 17.4. The van der Waals surface area contributed by atoms with Gasteiger partial charge in [0, 0.05) is 36.6 Å². The zero-order valence-electron chi connectivity index (χ0n) is 17.4. The van der Waals surface area contributed by atoms with Gasteiger partial charge in [-0.05, 0) is 49.7 Å². The van der Waals surface area contributed by atoms with Crippen LogP contribution in [-0.4, -0.2) is 43.3 Å². The number of carbonyl (C=O) groups is 1. The molecule has 0 radical (unpaired) electrons. The molecule has 2 aromatic carbocycles. The molecule has 1 aliphatic rings. The maximum atomic E-state index is 14.7. The minimum absolute atomic E-state index is 0.0587. The van der Waals surface area contributed by atoms with E-state index in [2.05, 4.69) is 10.3 Å². The van der Waals surface area contributed by atoms with Crippen molar-refractivity contribution < 1.29 is 18.7 Å². The van der Waals surface area contributed by atoms with E-state index in [0.717, 1.165) is 16.7 Å². The molecule has 0 aliphatic carbocycles. The van der Waals surface area contributed by atoms with Crippen molar-refractivity contribution in [1.82, 2.24) is 10.3 Å². The van der Waals surface area contributed by atoms with Crippen molar-refractivity contribution in [3.8, 4) is 5.75 Å². The third kappa shape index (κ3) is 4.26. The van der Waals surface area contributed by atoms with Gasteiger partial charge < -0.3 is 24.7 Å². The number of ether oxygens (including phenoxy) is 2. The number of morpholine rings is 1. The number of hydrogen-bond acceptors (Lipinski definition) is 4. The molecule has 158 valence electrons. The monoisotopic (exact) mass is 411 g/mol. The van der Waals surface area contributed by atoms with Crippen molar-refractivity contribution in [2.75, 3.05) is 25.1 Å². The Morgan fingerprint density at radius 3 is 2.67 bits per heavy atom. The summed E-state index contributed by atoms with van der Waals surface area (Å²) in [6.45, 7) is 5.53. The van der Waals surface area contributed by atoms with E-state index in [4.69, 9.17) is 9.47 Å². The summed E-state index contributed by atoms with van der Waals surface area (Å²) in [6.07, 6.45) is 0.117. The van der Waals surface area contributed by atoms with Gasteiger partial charge in [0.2, 0.25) is 0 Å². The number of benzene rings is 2. The topological polar surface area (TPSA) is 66.6 Å². The average Bonchev–Trinajstić information content (AvgIpc) is 3.14. The number of nitrogens with zero attached hydrogens (tertiary/aromatic N) is 1. The van der Waals surface area contributed by atoms with Gasteiger partial charge in [0.05, 0.1) is 25.0 Å². The molecule has 1 amide bonds. The Labute approximate surface area is 175 Å². The molecule has 0 unspecified atom stereocenters. The maximum Gasteiger partial charge on any atom is 0.267 e. The fourth-order valence-corrected chi connectivity index (χ4v) is 3.92. The summed E-state index contributed by atoms with van der Waals surface area (Å²) < 4.78 is 25.7. The van der Waals surface area contributed by atoms with Crippen LogP contribution in [0.25, 0.3) is 10.9 Å². The van der Waals surface area contributed by atoms with Crippen LogP contribution in [0.5, 0.6) is 5.75 Å². The van der Waals surface area contributed by atoms with Gasteiger partial charge in [-0.25, -0.2) is 4.39 Å². The lowest BCUT2D eigenvalue weighted by atomic mass is 10.1. The van der Waals surface area contributed by atoms with E-state index in [9.17, 15) is 9.18 Å². The summed E-state index contributed by atoms with van der Waals surface area (Å²) in [4.78, 5) is 17.6. The number of hydrogen-bond donors (Lipinski definition) is 2. The van der Waals surface area contributed by atoms with Crippen LogP contribution < -0.4 is 15.0 Å². The van der Waals surface area contributed by atoms with Gasteiger partial charge in [-0.2, -0.15) is 0 Å². The number of nitrogens with one attached hydrogen (secondary N) is 2. The lowest BCUT2D eigenvalue weighted by Crippen LogP contribution is -2.45. The third-order valence-corrected chi connectivity index (χ3v) is 5.30. The molecule has 1 fully saturated rings. The number of H-pyrrole nitrogens is 1. The van der Waals surface area contributed by atoms with Crippen molar-refractivity contribution in [2.45, 2.75) is 32.6 Å². The normalized spacial score (nSPS) is 19.1. The van der Waals surface area contributed by atoms with Gasteiger partial charge >= 0.3 is 0 Å². The highest BCUT2D eigenvalue weighted by Crippen LogP contribution is 2.25. The standard InChI is InChI=1S/C23H26FN3O3/c1-14-12-27(13-15(2)30-14)22-7-4-16(8-19(22)24)11-25-23(28)21-9-17-5-6-18(29-3)10-20(17)26-21/h4-10,14-15,26H,11-13H2,1-3H3,(H,25,28)/t14-,15+. The van der Waals surface area contributed by atoms with Crippen LogP contribution in [0.2, 0.25) is 0 Å². The second kappa shape index (κ2) is 8.36. The predicted molar refractivity (Wildman–Crippen MR) is 115 cm³/mol. The van der Waals surface area contributed by atoms with Gasteiger partial charge in [-0.1, -0.05) is 6.07 Å². The maximum absolute atomic E-state index is 14.7. The molecule has 1 saturated heterocycles.